The summed E-state index contributed by atoms with van der Waals surface area (Å²) in [5.74, 6) is 0.247. The molecule has 2 aliphatic rings. The van der Waals surface area contributed by atoms with Gasteiger partial charge in [0.05, 0.1) is 29.7 Å². The van der Waals surface area contributed by atoms with Crippen LogP contribution in [0.2, 0.25) is 0 Å². The molecule has 4 heterocycles. The lowest BCUT2D eigenvalue weighted by atomic mass is 9.99. The van der Waals surface area contributed by atoms with Crippen LogP contribution < -0.4 is 5.73 Å². The number of phosphoric acid groups is 1. The molecule has 0 saturated carbocycles. The highest BCUT2D eigenvalue weighted by Crippen LogP contribution is 2.59. The van der Waals surface area contributed by atoms with Crippen molar-refractivity contribution in [3.05, 3.63) is 54.0 Å². The van der Waals surface area contributed by atoms with E-state index in [4.69, 9.17) is 29.3 Å². The van der Waals surface area contributed by atoms with Crippen LogP contribution in [0.1, 0.15) is 36.8 Å². The van der Waals surface area contributed by atoms with E-state index < -0.39 is 38.1 Å². The van der Waals surface area contributed by atoms with Gasteiger partial charge in [-0.3, -0.25) is 13.6 Å². The number of hydrogen-bond acceptors (Lipinski definition) is 11. The highest BCUT2D eigenvalue weighted by Gasteiger charge is 2.56. The Kier molecular flexibility index (Phi) is 5.66. The maximum absolute atomic E-state index is 13.3. The molecule has 4 N–H and O–H groups in total. The highest BCUT2D eigenvalue weighted by molar-refractivity contribution is 7.48. The third-order valence-corrected chi connectivity index (χ3v) is 7.42. The normalized spacial score (nSPS) is 33.7. The minimum Gasteiger partial charge on any atom is -0.385 e. The van der Waals surface area contributed by atoms with Crippen LogP contribution in [0.4, 0.5) is 5.82 Å². The Morgan fingerprint density at radius 3 is 2.82 bits per heavy atom. The zero-order valence-electron chi connectivity index (χ0n) is 18.0. The Bertz CT molecular complexity index is 1310. The predicted octanol–water partition coefficient (Wildman–Crippen LogP) is 2.15. The molecule has 2 aliphatic heterocycles. The van der Waals surface area contributed by atoms with Crippen molar-refractivity contribution in [2.75, 3.05) is 12.3 Å². The molecule has 0 aliphatic carbocycles. The summed E-state index contributed by atoms with van der Waals surface area (Å²) in [6.45, 7) is 1.43. The minimum atomic E-state index is -4.17. The quantitative estimate of drug-likeness (QED) is 0.460. The number of benzene rings is 1. The van der Waals surface area contributed by atoms with Gasteiger partial charge in [-0.25, -0.2) is 14.5 Å². The van der Waals surface area contributed by atoms with Gasteiger partial charge < -0.3 is 25.3 Å². The fourth-order valence-corrected chi connectivity index (χ4v) is 5.52. The van der Waals surface area contributed by atoms with Gasteiger partial charge >= 0.3 is 7.82 Å². The van der Waals surface area contributed by atoms with Crippen LogP contribution in [0.15, 0.2) is 42.9 Å². The number of nitriles is 1. The number of hydrogen-bond donors (Lipinski definition) is 3. The van der Waals surface area contributed by atoms with Gasteiger partial charge in [-0.15, -0.1) is 0 Å². The zero-order valence-corrected chi connectivity index (χ0v) is 18.9. The summed E-state index contributed by atoms with van der Waals surface area (Å²) in [5, 5.41) is 31.3. The number of aliphatic hydroxyl groups excluding tert-OH is 1. The molecule has 3 aromatic rings. The molecule has 1 unspecified atom stereocenters. The third kappa shape index (κ3) is 3.87. The molecular weight excluding hydrogens is 465 g/mol. The smallest absolute Gasteiger partial charge is 0.385 e. The van der Waals surface area contributed by atoms with E-state index in [9.17, 15) is 14.8 Å². The molecule has 0 radical (unpaired) electrons. The van der Waals surface area contributed by atoms with E-state index in [0.29, 0.717) is 28.6 Å². The summed E-state index contributed by atoms with van der Waals surface area (Å²) in [4.78, 5) is 8.11. The highest BCUT2D eigenvalue weighted by atomic mass is 31.2. The maximum atomic E-state index is 13.3. The molecule has 34 heavy (non-hydrogen) atoms. The summed E-state index contributed by atoms with van der Waals surface area (Å²) in [5.41, 5.74) is 5.59. The zero-order chi connectivity index (χ0) is 24.1. The molecule has 178 valence electrons. The Balaban J connectivity index is 1.37. The number of nitrogens with zero attached hydrogens (tertiary/aromatic N) is 4. The van der Waals surface area contributed by atoms with Crippen LogP contribution in [0, 0.1) is 11.3 Å². The van der Waals surface area contributed by atoms with Gasteiger partial charge in [-0.1, -0.05) is 12.1 Å². The van der Waals surface area contributed by atoms with Crippen LogP contribution in [-0.2, 0) is 22.9 Å². The van der Waals surface area contributed by atoms with Gasteiger partial charge in [-0.2, -0.15) is 5.26 Å². The van der Waals surface area contributed by atoms with Crippen LogP contribution in [-0.4, -0.2) is 49.4 Å². The fourth-order valence-electron chi connectivity index (χ4n) is 4.06. The second kappa shape index (κ2) is 8.41. The number of aliphatic hydroxyl groups is 2. The van der Waals surface area contributed by atoms with Crippen LogP contribution in [0.25, 0.3) is 11.0 Å². The van der Waals surface area contributed by atoms with E-state index in [2.05, 4.69) is 9.97 Å². The monoisotopic (exact) mass is 487 g/mol. The fraction of sp³-hybridized carbons (Fsp3) is 0.381. The van der Waals surface area contributed by atoms with E-state index in [-0.39, 0.29) is 12.4 Å². The van der Waals surface area contributed by atoms with Gasteiger partial charge in [0.1, 0.15) is 29.5 Å². The van der Waals surface area contributed by atoms with E-state index in [1.807, 2.05) is 6.07 Å². The average Bonchev–Trinajstić information content (AvgIpc) is 3.34. The molecule has 1 aromatic carbocycles. The van der Waals surface area contributed by atoms with Gasteiger partial charge in [0.25, 0.3) is 0 Å². The standard InChI is InChI=1S/C21H22N5O7P/c1-21(28)16(27)19(31-20(21)26-8-6-14-17(23)24-11-25-18(14)26)33-34(29)30-9-7-15(32-34)13-4-2-12(10-22)3-5-13/h2-6,8,11,15-16,19-20,27-28H,7,9H2,1H3,(H2,23,24,25)/t15-,16+,19?,20+,21+,34-/m0/s1. The van der Waals surface area contributed by atoms with Gasteiger partial charge in [0.15, 0.2) is 6.23 Å². The topological polar surface area (TPSA) is 175 Å². The summed E-state index contributed by atoms with van der Waals surface area (Å²) in [6.07, 6.45) is -1.62. The van der Waals surface area contributed by atoms with Gasteiger partial charge in [0.2, 0.25) is 6.29 Å². The first kappa shape index (κ1) is 22.9. The number of phosphoric ester groups is 1. The summed E-state index contributed by atoms with van der Waals surface area (Å²) in [6, 6.07) is 10.3. The van der Waals surface area contributed by atoms with E-state index in [1.165, 1.54) is 17.8 Å². The second-order valence-corrected chi connectivity index (χ2v) is 9.82. The lowest BCUT2D eigenvalue weighted by Crippen LogP contribution is -2.44. The number of ether oxygens (including phenoxy) is 1. The lowest BCUT2D eigenvalue weighted by Gasteiger charge is -2.31. The van der Waals surface area contributed by atoms with Crippen molar-refractivity contribution in [1.82, 2.24) is 14.5 Å². The summed E-state index contributed by atoms with van der Waals surface area (Å²) in [7, 11) is -4.17. The number of nitrogen functional groups attached to an aromatic ring is 1. The molecular formula is C21H22N5O7P. The Morgan fingerprint density at radius 2 is 2.09 bits per heavy atom. The molecule has 12 nitrogen and oxygen atoms in total. The third-order valence-electron chi connectivity index (χ3n) is 5.94. The SMILES string of the molecule is C[C@@]1(O)[C@H](O)C(O[P@@]2(=O)OCC[C@@H](c3ccc(C#N)cc3)O2)O[C@H]1n1ccc2c(N)ncnc21. The Morgan fingerprint density at radius 1 is 1.32 bits per heavy atom. The molecule has 5 rings (SSSR count). The molecule has 13 heteroatoms. The van der Waals surface area contributed by atoms with Crippen LogP contribution in [0.5, 0.6) is 0 Å². The first-order chi connectivity index (χ1) is 16.2. The van der Waals surface area contributed by atoms with Crippen molar-refractivity contribution in [3.8, 4) is 6.07 Å². The largest absolute Gasteiger partial charge is 0.477 e. The molecule has 0 amide bonds. The number of fused-ring (bicyclic) bond motifs is 1. The predicted molar refractivity (Wildman–Crippen MR) is 117 cm³/mol. The molecule has 2 fully saturated rings. The molecule has 0 bridgehead atoms. The number of anilines is 1. The summed E-state index contributed by atoms with van der Waals surface area (Å²) >= 11 is 0. The van der Waals surface area contributed by atoms with Crippen molar-refractivity contribution in [3.63, 3.8) is 0 Å². The van der Waals surface area contributed by atoms with Crippen molar-refractivity contribution in [2.24, 2.45) is 0 Å². The Hall–Kier alpha value is -2.88. The van der Waals surface area contributed by atoms with E-state index in [0.717, 1.165) is 0 Å². The second-order valence-electron chi connectivity index (χ2n) is 8.25. The van der Waals surface area contributed by atoms with Crippen molar-refractivity contribution in [1.29, 1.82) is 5.26 Å². The lowest BCUT2D eigenvalue weighted by molar-refractivity contribution is -0.145. The van der Waals surface area contributed by atoms with Gasteiger partial charge in [0, 0.05) is 12.6 Å². The number of rotatable bonds is 4. The van der Waals surface area contributed by atoms with Crippen molar-refractivity contribution >= 4 is 24.7 Å². The number of nitrogens with two attached hydrogens (primary N) is 1. The molecule has 0 spiro atoms. The van der Waals surface area contributed by atoms with Gasteiger partial charge in [-0.05, 0) is 30.7 Å². The number of aromatic nitrogens is 3. The Labute approximate surface area is 194 Å². The van der Waals surface area contributed by atoms with E-state index in [1.54, 1.807) is 36.5 Å². The molecule has 6 atom stereocenters. The minimum absolute atomic E-state index is 0.0724. The van der Waals surface area contributed by atoms with Crippen LogP contribution in [0.3, 0.4) is 0 Å². The van der Waals surface area contributed by atoms with Crippen molar-refractivity contribution in [2.45, 2.75) is 43.7 Å². The van der Waals surface area contributed by atoms with Crippen LogP contribution >= 0.6 is 7.82 Å². The first-order valence-electron chi connectivity index (χ1n) is 10.5. The van der Waals surface area contributed by atoms with E-state index >= 15 is 0 Å². The first-order valence-corrected chi connectivity index (χ1v) is 11.9. The molecule has 2 saturated heterocycles. The van der Waals surface area contributed by atoms with Crippen molar-refractivity contribution < 1.29 is 33.1 Å². The average molecular weight is 487 g/mol. The summed E-state index contributed by atoms with van der Waals surface area (Å²) < 4.78 is 37.0. The molecule has 2 aromatic heterocycles. The maximum Gasteiger partial charge on any atom is 0.477 e.